The van der Waals surface area contributed by atoms with Gasteiger partial charge >= 0.3 is 0 Å². The van der Waals surface area contributed by atoms with E-state index in [4.69, 9.17) is 4.74 Å². The van der Waals surface area contributed by atoms with Gasteiger partial charge in [0.1, 0.15) is 11.5 Å². The van der Waals surface area contributed by atoms with E-state index in [0.717, 1.165) is 17.1 Å². The maximum absolute atomic E-state index is 6.39. The van der Waals surface area contributed by atoms with E-state index in [-0.39, 0.29) is 5.41 Å². The molecule has 1 aliphatic heterocycles. The first kappa shape index (κ1) is 23.6. The molecule has 0 spiro atoms. The summed E-state index contributed by atoms with van der Waals surface area (Å²) >= 11 is 0. The Balaban J connectivity index is 1.33. The monoisotopic (exact) mass is 536 g/mol. The predicted molar refractivity (Wildman–Crippen MR) is 175 cm³/mol. The van der Waals surface area contributed by atoms with Gasteiger partial charge in [-0.15, -0.1) is 0 Å². The number of para-hydroxylation sites is 1. The topological polar surface area (TPSA) is 9.23 Å². The molecule has 0 amide bonds. The fraction of sp³-hybridized carbons (Fsp3) is 0.0732. The molecule has 0 N–H and O–H groups in total. The molecule has 2 aliphatic rings. The Bertz CT molecular complexity index is 2240. The van der Waals surface area contributed by atoms with E-state index in [1.165, 1.54) is 71.6 Å². The van der Waals surface area contributed by atoms with Crippen LogP contribution in [-0.4, -0.2) is 0 Å². The van der Waals surface area contributed by atoms with Crippen LogP contribution in [0.2, 0.25) is 0 Å². The summed E-state index contributed by atoms with van der Waals surface area (Å²) in [6.07, 6.45) is 0. The zero-order valence-electron chi connectivity index (χ0n) is 23.6. The van der Waals surface area contributed by atoms with Crippen LogP contribution in [0.25, 0.3) is 66.1 Å². The lowest BCUT2D eigenvalue weighted by molar-refractivity contribution is 0.487. The van der Waals surface area contributed by atoms with E-state index in [0.29, 0.717) is 0 Å². The van der Waals surface area contributed by atoms with Crippen molar-refractivity contribution in [2.24, 2.45) is 0 Å². The first-order valence-electron chi connectivity index (χ1n) is 14.7. The smallest absolute Gasteiger partial charge is 0.135 e. The van der Waals surface area contributed by atoms with Gasteiger partial charge in [0.05, 0.1) is 0 Å². The average Bonchev–Trinajstić information content (AvgIpc) is 3.28. The highest BCUT2D eigenvalue weighted by Gasteiger charge is 2.38. The van der Waals surface area contributed by atoms with E-state index < -0.39 is 0 Å². The normalized spacial score (nSPS) is 13.9. The zero-order valence-corrected chi connectivity index (χ0v) is 23.6. The molecule has 7 aromatic rings. The van der Waals surface area contributed by atoms with Crippen molar-refractivity contribution in [2.75, 3.05) is 0 Å². The fourth-order valence-corrected chi connectivity index (χ4v) is 7.55. The third-order valence-electron chi connectivity index (χ3n) is 9.43. The Morgan fingerprint density at radius 3 is 2.12 bits per heavy atom. The van der Waals surface area contributed by atoms with Crippen LogP contribution in [0, 0.1) is 0 Å². The minimum atomic E-state index is -0.120. The maximum atomic E-state index is 6.39. The Kier molecular flexibility index (Phi) is 4.73. The van der Waals surface area contributed by atoms with Crippen LogP contribution in [0.1, 0.15) is 25.0 Å². The van der Waals surface area contributed by atoms with E-state index in [1.54, 1.807) is 0 Å². The van der Waals surface area contributed by atoms with Crippen molar-refractivity contribution in [1.29, 1.82) is 0 Å². The van der Waals surface area contributed by atoms with Crippen LogP contribution in [-0.2, 0) is 5.41 Å². The number of hydrogen-bond acceptors (Lipinski definition) is 1. The quantitative estimate of drug-likeness (QED) is 0.213. The predicted octanol–water partition coefficient (Wildman–Crippen LogP) is 11.4. The van der Waals surface area contributed by atoms with Crippen molar-refractivity contribution in [3.05, 3.63) is 145 Å². The second-order valence-corrected chi connectivity index (χ2v) is 12.1. The third-order valence-corrected chi connectivity index (χ3v) is 9.43. The van der Waals surface area contributed by atoms with Crippen molar-refractivity contribution >= 4 is 21.5 Å². The van der Waals surface area contributed by atoms with E-state index in [2.05, 4.69) is 141 Å². The molecule has 1 heterocycles. The Labute approximate surface area is 245 Å². The molecule has 198 valence electrons. The molecule has 1 aliphatic carbocycles. The van der Waals surface area contributed by atoms with Crippen LogP contribution in [0.15, 0.2) is 133 Å². The molecule has 1 nitrogen and oxygen atoms in total. The molecule has 1 heteroatoms. The summed E-state index contributed by atoms with van der Waals surface area (Å²) in [7, 11) is 0. The summed E-state index contributed by atoms with van der Waals surface area (Å²) in [4.78, 5) is 0. The minimum absolute atomic E-state index is 0.120. The summed E-state index contributed by atoms with van der Waals surface area (Å²) in [6.45, 7) is 4.77. The van der Waals surface area contributed by atoms with E-state index in [9.17, 15) is 0 Å². The highest BCUT2D eigenvalue weighted by atomic mass is 16.5. The van der Waals surface area contributed by atoms with Crippen molar-refractivity contribution in [3.63, 3.8) is 0 Å². The molecule has 0 aromatic heterocycles. The highest BCUT2D eigenvalue weighted by molar-refractivity contribution is 6.11. The van der Waals surface area contributed by atoms with Gasteiger partial charge in [-0.3, -0.25) is 0 Å². The maximum Gasteiger partial charge on any atom is 0.135 e. The van der Waals surface area contributed by atoms with Gasteiger partial charge in [-0.1, -0.05) is 123 Å². The highest BCUT2D eigenvalue weighted by Crippen LogP contribution is 2.55. The van der Waals surface area contributed by atoms with Crippen molar-refractivity contribution in [2.45, 2.75) is 19.3 Å². The number of rotatable bonds is 2. The van der Waals surface area contributed by atoms with Gasteiger partial charge in [-0.05, 0) is 90.5 Å². The Morgan fingerprint density at radius 1 is 0.476 bits per heavy atom. The molecular formula is C41H28O. The minimum Gasteiger partial charge on any atom is -0.456 e. The van der Waals surface area contributed by atoms with Gasteiger partial charge in [0.2, 0.25) is 0 Å². The van der Waals surface area contributed by atoms with E-state index in [1.807, 2.05) is 6.07 Å². The van der Waals surface area contributed by atoms with Crippen LogP contribution >= 0.6 is 0 Å². The molecular weight excluding hydrogens is 508 g/mol. The second kappa shape index (κ2) is 8.44. The molecule has 9 rings (SSSR count). The molecule has 0 saturated carbocycles. The standard InChI is InChI=1S/C41H28O/c1-41(2)35-17-8-6-14-32(35)39-33(25-11-4-3-5-12-25)23-27-20-19-26(24-34(27)40(39)41)28-21-22-37-38-30(28)15-10-16-31(38)29-13-7-9-18-36(29)42-37/h3-24H,1-2H3. The first-order valence-corrected chi connectivity index (χ1v) is 14.7. The Hall–Kier alpha value is -5.14. The number of ether oxygens (including phenoxy) is 1. The molecule has 0 unspecified atom stereocenters. The zero-order chi connectivity index (χ0) is 28.0. The number of hydrogen-bond donors (Lipinski definition) is 0. The molecule has 0 radical (unpaired) electrons. The lowest BCUT2D eigenvalue weighted by atomic mass is 9.78. The van der Waals surface area contributed by atoms with Gasteiger partial charge in [0, 0.05) is 16.4 Å². The van der Waals surface area contributed by atoms with Gasteiger partial charge in [0.25, 0.3) is 0 Å². The SMILES string of the molecule is CC1(C)c2ccccc2-c2c(-c3ccccc3)cc3ccc(-c4ccc5c6c(cccc46)-c4ccccc4O5)cc3c21. The lowest BCUT2D eigenvalue weighted by Crippen LogP contribution is -2.15. The summed E-state index contributed by atoms with van der Waals surface area (Å²) in [6, 6.07) is 48.6. The molecule has 0 atom stereocenters. The van der Waals surface area contributed by atoms with Crippen LogP contribution in [0.3, 0.4) is 0 Å². The molecule has 7 aromatic carbocycles. The summed E-state index contributed by atoms with van der Waals surface area (Å²) in [5, 5.41) is 5.01. The number of fused-ring (bicyclic) bond motifs is 7. The van der Waals surface area contributed by atoms with Gasteiger partial charge in [-0.2, -0.15) is 0 Å². The molecule has 42 heavy (non-hydrogen) atoms. The van der Waals surface area contributed by atoms with Crippen LogP contribution in [0.5, 0.6) is 11.5 Å². The van der Waals surface area contributed by atoms with Crippen molar-refractivity contribution in [3.8, 4) is 56.0 Å². The lowest BCUT2D eigenvalue weighted by Gasteiger charge is -2.25. The number of benzene rings is 7. The van der Waals surface area contributed by atoms with Gasteiger partial charge in [0.15, 0.2) is 0 Å². The summed E-state index contributed by atoms with van der Waals surface area (Å²) in [5.41, 5.74) is 12.8. The van der Waals surface area contributed by atoms with Crippen molar-refractivity contribution in [1.82, 2.24) is 0 Å². The molecule has 0 bridgehead atoms. The Morgan fingerprint density at radius 2 is 1.24 bits per heavy atom. The van der Waals surface area contributed by atoms with Crippen LogP contribution < -0.4 is 4.74 Å². The molecule has 0 saturated heterocycles. The van der Waals surface area contributed by atoms with Gasteiger partial charge < -0.3 is 4.74 Å². The molecule has 0 fully saturated rings. The first-order chi connectivity index (χ1) is 20.6. The average molecular weight is 537 g/mol. The fourth-order valence-electron chi connectivity index (χ4n) is 7.55. The van der Waals surface area contributed by atoms with E-state index >= 15 is 0 Å². The van der Waals surface area contributed by atoms with Crippen molar-refractivity contribution < 1.29 is 4.74 Å². The summed E-state index contributed by atoms with van der Waals surface area (Å²) in [5.74, 6) is 1.84. The largest absolute Gasteiger partial charge is 0.456 e. The van der Waals surface area contributed by atoms with Gasteiger partial charge in [-0.25, -0.2) is 0 Å². The van der Waals surface area contributed by atoms with Crippen LogP contribution in [0.4, 0.5) is 0 Å². The third kappa shape index (κ3) is 3.14. The second-order valence-electron chi connectivity index (χ2n) is 12.1. The summed E-state index contributed by atoms with van der Waals surface area (Å²) < 4.78 is 6.39.